The minimum atomic E-state index is -3.84. The van der Waals surface area contributed by atoms with Crippen LogP contribution in [0.2, 0.25) is 5.02 Å². The molecule has 3 aromatic rings. The van der Waals surface area contributed by atoms with Crippen molar-refractivity contribution >= 4 is 21.6 Å². The molecule has 0 aliphatic rings. The average Bonchev–Trinajstić information content (AvgIpc) is 3.04. The molecule has 0 aliphatic carbocycles. The van der Waals surface area contributed by atoms with E-state index in [1.54, 1.807) is 17.1 Å². The molecule has 25 heavy (non-hydrogen) atoms. The molecule has 0 unspecified atom stereocenters. The number of para-hydroxylation sites is 1. The van der Waals surface area contributed by atoms with Crippen molar-refractivity contribution in [1.29, 1.82) is 0 Å². The highest BCUT2D eigenvalue weighted by atomic mass is 35.5. The maximum absolute atomic E-state index is 13.1. The fourth-order valence-corrected chi connectivity index (χ4v) is 4.02. The molecule has 130 valence electrons. The van der Waals surface area contributed by atoms with Crippen molar-refractivity contribution < 1.29 is 12.8 Å². The fourth-order valence-electron chi connectivity index (χ4n) is 2.36. The van der Waals surface area contributed by atoms with Gasteiger partial charge in [0, 0.05) is 25.4 Å². The van der Waals surface area contributed by atoms with Crippen LogP contribution in [-0.2, 0) is 16.6 Å². The maximum atomic E-state index is 13.1. The quantitative estimate of drug-likeness (QED) is 0.682. The molecular formula is C17H15ClFN3O2S. The third-order valence-electron chi connectivity index (χ3n) is 3.64. The minimum absolute atomic E-state index is 0.114. The Morgan fingerprint density at radius 2 is 1.92 bits per heavy atom. The molecule has 1 heterocycles. The summed E-state index contributed by atoms with van der Waals surface area (Å²) in [6.07, 6.45) is 3.36. The van der Waals surface area contributed by atoms with Crippen molar-refractivity contribution in [2.75, 3.05) is 7.05 Å². The van der Waals surface area contributed by atoms with Gasteiger partial charge in [0.25, 0.3) is 0 Å². The summed E-state index contributed by atoms with van der Waals surface area (Å²) in [6, 6.07) is 12.7. The van der Waals surface area contributed by atoms with E-state index in [2.05, 4.69) is 5.10 Å². The number of sulfonamides is 1. The molecule has 5 nitrogen and oxygen atoms in total. The van der Waals surface area contributed by atoms with Crippen molar-refractivity contribution in [3.63, 3.8) is 0 Å². The Bertz CT molecular complexity index is 990. The minimum Gasteiger partial charge on any atom is -0.241 e. The van der Waals surface area contributed by atoms with Crippen LogP contribution in [0.25, 0.3) is 5.69 Å². The van der Waals surface area contributed by atoms with E-state index in [0.717, 1.165) is 28.2 Å². The molecule has 0 radical (unpaired) electrons. The lowest BCUT2D eigenvalue weighted by Gasteiger charge is -2.17. The van der Waals surface area contributed by atoms with Gasteiger partial charge in [-0.15, -0.1) is 0 Å². The van der Waals surface area contributed by atoms with Crippen LogP contribution in [0.1, 0.15) is 5.56 Å². The first-order chi connectivity index (χ1) is 11.9. The Hall–Kier alpha value is -2.22. The smallest absolute Gasteiger partial charge is 0.241 e. The highest BCUT2D eigenvalue weighted by Crippen LogP contribution is 2.25. The summed E-state index contributed by atoms with van der Waals surface area (Å²) in [4.78, 5) is -0.131. The van der Waals surface area contributed by atoms with Crippen molar-refractivity contribution in [2.45, 2.75) is 11.4 Å². The van der Waals surface area contributed by atoms with Gasteiger partial charge in [-0.05, 0) is 30.3 Å². The standard InChI is InChI=1S/C17H15ClFN3O2S/c1-21(25(23,24)17-8-7-14(19)9-16(17)18)11-13-10-20-22(12-13)15-5-3-2-4-6-15/h2-10,12H,11H2,1H3. The van der Waals surface area contributed by atoms with Gasteiger partial charge in [0.2, 0.25) is 10.0 Å². The predicted molar refractivity (Wildman–Crippen MR) is 93.6 cm³/mol. The zero-order valence-corrected chi connectivity index (χ0v) is 14.9. The molecule has 0 aliphatic heterocycles. The van der Waals surface area contributed by atoms with Crippen LogP contribution in [-0.4, -0.2) is 29.6 Å². The molecule has 0 amide bonds. The fraction of sp³-hybridized carbons (Fsp3) is 0.118. The number of aromatic nitrogens is 2. The molecule has 0 bridgehead atoms. The molecule has 0 spiro atoms. The molecule has 8 heteroatoms. The van der Waals surface area contributed by atoms with Gasteiger partial charge in [-0.2, -0.15) is 9.40 Å². The lowest BCUT2D eigenvalue weighted by molar-refractivity contribution is 0.466. The topological polar surface area (TPSA) is 55.2 Å². The number of hydrogen-bond acceptors (Lipinski definition) is 3. The summed E-state index contributed by atoms with van der Waals surface area (Å²) in [6.45, 7) is 0.114. The SMILES string of the molecule is CN(Cc1cnn(-c2ccccc2)c1)S(=O)(=O)c1ccc(F)cc1Cl. The second-order valence-corrected chi connectivity index (χ2v) is 7.89. The van der Waals surface area contributed by atoms with Crippen LogP contribution in [0.3, 0.4) is 0 Å². The zero-order valence-electron chi connectivity index (χ0n) is 13.3. The molecule has 0 N–H and O–H groups in total. The van der Waals surface area contributed by atoms with Gasteiger partial charge in [0.15, 0.2) is 0 Å². The van der Waals surface area contributed by atoms with Crippen LogP contribution in [0.4, 0.5) is 4.39 Å². The zero-order chi connectivity index (χ0) is 18.0. The van der Waals surface area contributed by atoms with E-state index >= 15 is 0 Å². The van der Waals surface area contributed by atoms with Gasteiger partial charge in [-0.25, -0.2) is 17.5 Å². The van der Waals surface area contributed by atoms with E-state index < -0.39 is 15.8 Å². The summed E-state index contributed by atoms with van der Waals surface area (Å²) in [5, 5.41) is 4.10. The Labute approximate surface area is 150 Å². The van der Waals surface area contributed by atoms with Crippen LogP contribution >= 0.6 is 11.6 Å². The van der Waals surface area contributed by atoms with E-state index in [0.29, 0.717) is 5.56 Å². The highest BCUT2D eigenvalue weighted by Gasteiger charge is 2.24. The van der Waals surface area contributed by atoms with Crippen molar-refractivity contribution in [3.05, 3.63) is 77.3 Å². The van der Waals surface area contributed by atoms with Gasteiger partial charge < -0.3 is 0 Å². The molecule has 0 atom stereocenters. The van der Waals surface area contributed by atoms with Gasteiger partial charge in [-0.1, -0.05) is 29.8 Å². The second kappa shape index (κ2) is 6.95. The van der Waals surface area contributed by atoms with Gasteiger partial charge in [0.05, 0.1) is 16.9 Å². The van der Waals surface area contributed by atoms with Crippen LogP contribution < -0.4 is 0 Å². The molecule has 2 aromatic carbocycles. The Kier molecular flexibility index (Phi) is 4.89. The van der Waals surface area contributed by atoms with Gasteiger partial charge in [-0.3, -0.25) is 0 Å². The van der Waals surface area contributed by atoms with E-state index in [9.17, 15) is 12.8 Å². The number of nitrogens with zero attached hydrogens (tertiary/aromatic N) is 3. The molecule has 3 rings (SSSR count). The highest BCUT2D eigenvalue weighted by molar-refractivity contribution is 7.89. The van der Waals surface area contributed by atoms with E-state index in [-0.39, 0.29) is 16.5 Å². The first-order valence-electron chi connectivity index (χ1n) is 7.38. The van der Waals surface area contributed by atoms with E-state index in [1.807, 2.05) is 30.3 Å². The van der Waals surface area contributed by atoms with Crippen molar-refractivity contribution in [2.24, 2.45) is 0 Å². The van der Waals surface area contributed by atoms with Gasteiger partial charge >= 0.3 is 0 Å². The average molecular weight is 380 g/mol. The van der Waals surface area contributed by atoms with E-state index in [4.69, 9.17) is 11.6 Å². The van der Waals surface area contributed by atoms with Crippen LogP contribution in [0.15, 0.2) is 65.8 Å². The van der Waals surface area contributed by atoms with Crippen LogP contribution in [0, 0.1) is 5.82 Å². The maximum Gasteiger partial charge on any atom is 0.244 e. The Balaban J connectivity index is 1.82. The summed E-state index contributed by atoms with van der Waals surface area (Å²) in [5.74, 6) is -0.587. The van der Waals surface area contributed by atoms with Gasteiger partial charge in [0.1, 0.15) is 10.7 Å². The molecular weight excluding hydrogens is 365 g/mol. The Morgan fingerprint density at radius 1 is 1.20 bits per heavy atom. The number of benzene rings is 2. The molecule has 0 saturated carbocycles. The largest absolute Gasteiger partial charge is 0.244 e. The molecule has 0 saturated heterocycles. The lowest BCUT2D eigenvalue weighted by Crippen LogP contribution is -2.26. The first-order valence-corrected chi connectivity index (χ1v) is 9.20. The summed E-state index contributed by atoms with van der Waals surface area (Å²) in [5.41, 5.74) is 1.59. The van der Waals surface area contributed by atoms with Crippen LogP contribution in [0.5, 0.6) is 0 Å². The molecule has 1 aromatic heterocycles. The summed E-state index contributed by atoms with van der Waals surface area (Å²) >= 11 is 5.88. The normalized spacial score (nSPS) is 11.8. The van der Waals surface area contributed by atoms with Crippen molar-refractivity contribution in [1.82, 2.24) is 14.1 Å². The summed E-state index contributed by atoms with van der Waals surface area (Å²) < 4.78 is 41.2. The number of rotatable bonds is 5. The van der Waals surface area contributed by atoms with Crippen molar-refractivity contribution in [3.8, 4) is 5.69 Å². The van der Waals surface area contributed by atoms with E-state index in [1.165, 1.54) is 7.05 Å². The number of halogens is 2. The third-order valence-corrected chi connectivity index (χ3v) is 5.93. The number of hydrogen-bond donors (Lipinski definition) is 0. The third kappa shape index (κ3) is 3.73. The first kappa shape index (κ1) is 17.6. The summed E-state index contributed by atoms with van der Waals surface area (Å²) in [7, 11) is -2.40. The monoisotopic (exact) mass is 379 g/mol. The lowest BCUT2D eigenvalue weighted by atomic mass is 10.3. The predicted octanol–water partition coefficient (Wildman–Crippen LogP) is 3.49. The molecule has 0 fully saturated rings. The second-order valence-electron chi connectivity index (χ2n) is 5.46. The Morgan fingerprint density at radius 3 is 2.60 bits per heavy atom.